The van der Waals surface area contributed by atoms with Gasteiger partial charge in [-0.2, -0.15) is 0 Å². The SMILES string of the molecule is NC(N)=NCCCC(NC(=O)C(N)CC(=O)O)C(=O)NC(CC(=O)O)C(=O)NC(CCC(=O)O)C(=O)O. The molecule has 0 aromatic heterocycles. The summed E-state index contributed by atoms with van der Waals surface area (Å²) in [6, 6.07) is -6.48. The monoisotopic (exact) mass is 533 g/mol. The minimum Gasteiger partial charge on any atom is -0.481 e. The van der Waals surface area contributed by atoms with E-state index in [0.29, 0.717) is 0 Å². The molecular weight excluding hydrogens is 502 g/mol. The maximum absolute atomic E-state index is 12.8. The molecule has 3 amide bonds. The topological polar surface area (TPSA) is 327 Å². The van der Waals surface area contributed by atoms with Crippen molar-refractivity contribution < 1.29 is 54.0 Å². The summed E-state index contributed by atoms with van der Waals surface area (Å²) < 4.78 is 0. The molecule has 0 heterocycles. The van der Waals surface area contributed by atoms with Crippen molar-refractivity contribution in [1.29, 1.82) is 0 Å². The number of amides is 3. The molecule has 13 N–H and O–H groups in total. The third kappa shape index (κ3) is 14.5. The van der Waals surface area contributed by atoms with Crippen LogP contribution >= 0.6 is 0 Å². The second kappa shape index (κ2) is 16.2. The fourth-order valence-electron chi connectivity index (χ4n) is 2.79. The van der Waals surface area contributed by atoms with Crippen LogP contribution in [0.15, 0.2) is 4.99 Å². The quantitative estimate of drug-likeness (QED) is 0.0453. The Morgan fingerprint density at radius 1 is 0.676 bits per heavy atom. The van der Waals surface area contributed by atoms with Gasteiger partial charge in [0, 0.05) is 13.0 Å². The Bertz CT molecular complexity index is 905. The zero-order valence-electron chi connectivity index (χ0n) is 19.6. The minimum atomic E-state index is -1.82. The number of nitrogens with two attached hydrogens (primary N) is 3. The average Bonchev–Trinajstić information content (AvgIpc) is 2.76. The fraction of sp³-hybridized carbons (Fsp3) is 0.579. The van der Waals surface area contributed by atoms with Crippen molar-refractivity contribution in [3.63, 3.8) is 0 Å². The van der Waals surface area contributed by atoms with Gasteiger partial charge in [-0.15, -0.1) is 0 Å². The molecule has 0 fully saturated rings. The maximum atomic E-state index is 12.8. The van der Waals surface area contributed by atoms with Gasteiger partial charge in [-0.05, 0) is 19.3 Å². The lowest BCUT2D eigenvalue weighted by Gasteiger charge is -2.24. The Morgan fingerprint density at radius 3 is 1.68 bits per heavy atom. The third-order valence-electron chi connectivity index (χ3n) is 4.58. The number of hydrogen-bond donors (Lipinski definition) is 10. The van der Waals surface area contributed by atoms with E-state index in [1.807, 2.05) is 5.32 Å². The fourth-order valence-corrected chi connectivity index (χ4v) is 2.79. The van der Waals surface area contributed by atoms with Gasteiger partial charge in [0.2, 0.25) is 17.7 Å². The van der Waals surface area contributed by atoms with Gasteiger partial charge in [-0.1, -0.05) is 0 Å². The van der Waals surface area contributed by atoms with Gasteiger partial charge < -0.3 is 53.6 Å². The van der Waals surface area contributed by atoms with E-state index in [4.69, 9.17) is 32.5 Å². The molecular formula is C19H31N7O11. The standard InChI is InChI=1S/C19H31N7O11/c20-8(6-13(29)30)15(33)24-9(2-1-5-23-19(21)22)16(34)26-11(7-14(31)32)17(35)25-10(18(36)37)3-4-12(27)28/h8-11H,1-7,20H2,(H,24,33)(H,25,35)(H,26,34)(H,27,28)(H,29,30)(H,31,32)(H,36,37)(H4,21,22,23). The first-order valence-electron chi connectivity index (χ1n) is 10.7. The van der Waals surface area contributed by atoms with Crippen molar-refractivity contribution in [1.82, 2.24) is 16.0 Å². The van der Waals surface area contributed by atoms with Crippen LogP contribution in [0.4, 0.5) is 0 Å². The van der Waals surface area contributed by atoms with Gasteiger partial charge in [0.05, 0.1) is 18.9 Å². The predicted molar refractivity (Wildman–Crippen MR) is 123 cm³/mol. The van der Waals surface area contributed by atoms with Crippen LogP contribution in [-0.4, -0.2) is 98.7 Å². The van der Waals surface area contributed by atoms with Crippen molar-refractivity contribution in [2.75, 3.05) is 6.54 Å². The van der Waals surface area contributed by atoms with E-state index in [1.54, 1.807) is 0 Å². The van der Waals surface area contributed by atoms with Crippen molar-refractivity contribution in [3.05, 3.63) is 0 Å². The summed E-state index contributed by atoms with van der Waals surface area (Å²) in [4.78, 5) is 85.5. The Kier molecular flexibility index (Phi) is 14.3. The molecule has 0 aliphatic rings. The Hall–Kier alpha value is -4.48. The molecule has 0 aliphatic carbocycles. The highest BCUT2D eigenvalue weighted by Crippen LogP contribution is 2.05. The summed E-state index contributed by atoms with van der Waals surface area (Å²) in [6.45, 7) is 0.0199. The van der Waals surface area contributed by atoms with Crippen LogP contribution in [0.3, 0.4) is 0 Å². The molecule has 0 spiro atoms. The van der Waals surface area contributed by atoms with E-state index < -0.39 is 91.4 Å². The number of carboxylic acid groups (broad SMARTS) is 4. The molecule has 0 radical (unpaired) electrons. The van der Waals surface area contributed by atoms with E-state index in [0.717, 1.165) is 0 Å². The zero-order chi connectivity index (χ0) is 28.7. The van der Waals surface area contributed by atoms with Crippen molar-refractivity contribution in [2.45, 2.75) is 62.7 Å². The van der Waals surface area contributed by atoms with Gasteiger partial charge >= 0.3 is 23.9 Å². The van der Waals surface area contributed by atoms with Crippen LogP contribution in [0, 0.1) is 0 Å². The number of aliphatic imine (C=N–C) groups is 1. The van der Waals surface area contributed by atoms with E-state index in [9.17, 15) is 38.7 Å². The largest absolute Gasteiger partial charge is 0.481 e. The number of guanidine groups is 1. The van der Waals surface area contributed by atoms with E-state index in [2.05, 4.69) is 15.6 Å². The molecule has 0 bridgehead atoms. The first-order valence-corrected chi connectivity index (χ1v) is 10.7. The molecule has 0 aliphatic heterocycles. The van der Waals surface area contributed by atoms with E-state index in [1.165, 1.54) is 0 Å². The van der Waals surface area contributed by atoms with E-state index in [-0.39, 0.29) is 25.3 Å². The van der Waals surface area contributed by atoms with Gasteiger partial charge in [0.25, 0.3) is 0 Å². The first kappa shape index (κ1) is 32.5. The molecule has 18 heteroatoms. The van der Waals surface area contributed by atoms with Crippen LogP contribution in [0.25, 0.3) is 0 Å². The highest BCUT2D eigenvalue weighted by Gasteiger charge is 2.32. The highest BCUT2D eigenvalue weighted by atomic mass is 16.4. The predicted octanol–water partition coefficient (Wildman–Crippen LogP) is -4.28. The maximum Gasteiger partial charge on any atom is 0.326 e. The Balaban J connectivity index is 5.66. The normalized spacial score (nSPS) is 13.6. The van der Waals surface area contributed by atoms with Crippen LogP contribution in [0.1, 0.15) is 38.5 Å². The number of rotatable bonds is 18. The average molecular weight is 533 g/mol. The summed E-state index contributed by atoms with van der Waals surface area (Å²) in [5.41, 5.74) is 15.9. The number of aliphatic carboxylic acids is 4. The number of nitrogens with zero attached hydrogens (tertiary/aromatic N) is 1. The van der Waals surface area contributed by atoms with E-state index >= 15 is 0 Å². The van der Waals surface area contributed by atoms with Crippen molar-refractivity contribution in [2.24, 2.45) is 22.2 Å². The molecule has 4 atom stereocenters. The number of hydrogen-bond acceptors (Lipinski definition) is 9. The van der Waals surface area contributed by atoms with Crippen LogP contribution in [-0.2, 0) is 33.6 Å². The van der Waals surface area contributed by atoms with Crippen LogP contribution in [0.2, 0.25) is 0 Å². The molecule has 0 saturated heterocycles. The van der Waals surface area contributed by atoms with Gasteiger partial charge in [0.1, 0.15) is 18.1 Å². The molecule has 37 heavy (non-hydrogen) atoms. The number of nitrogens with one attached hydrogen (secondary N) is 3. The molecule has 0 rings (SSSR count). The van der Waals surface area contributed by atoms with Gasteiger partial charge in [0.15, 0.2) is 5.96 Å². The van der Waals surface area contributed by atoms with Gasteiger partial charge in [-0.3, -0.25) is 33.8 Å². The second-order valence-corrected chi connectivity index (χ2v) is 7.71. The number of carbonyl (C=O) groups is 7. The molecule has 4 unspecified atom stereocenters. The lowest BCUT2D eigenvalue weighted by molar-refractivity contribution is -0.144. The smallest absolute Gasteiger partial charge is 0.326 e. The number of carbonyl (C=O) groups excluding carboxylic acids is 3. The Labute approximate surface area is 209 Å². The molecule has 0 saturated carbocycles. The second-order valence-electron chi connectivity index (χ2n) is 7.71. The molecule has 0 aromatic rings. The summed E-state index contributed by atoms with van der Waals surface area (Å²) in [5, 5.41) is 42.1. The van der Waals surface area contributed by atoms with Crippen molar-refractivity contribution in [3.8, 4) is 0 Å². The summed E-state index contributed by atoms with van der Waals surface area (Å²) in [5.74, 6) is -9.43. The summed E-state index contributed by atoms with van der Waals surface area (Å²) in [6.07, 6.45) is -2.92. The molecule has 18 nitrogen and oxygen atoms in total. The van der Waals surface area contributed by atoms with Crippen LogP contribution < -0.4 is 33.2 Å². The summed E-state index contributed by atoms with van der Waals surface area (Å²) >= 11 is 0. The molecule has 208 valence electrons. The zero-order valence-corrected chi connectivity index (χ0v) is 19.6. The minimum absolute atomic E-state index is 0.0199. The number of carboxylic acids is 4. The molecule has 0 aromatic carbocycles. The van der Waals surface area contributed by atoms with Gasteiger partial charge in [-0.25, -0.2) is 4.79 Å². The highest BCUT2D eigenvalue weighted by molar-refractivity contribution is 5.96. The van der Waals surface area contributed by atoms with Crippen molar-refractivity contribution >= 4 is 47.6 Å². The lowest BCUT2D eigenvalue weighted by Crippen LogP contribution is -2.57. The third-order valence-corrected chi connectivity index (χ3v) is 4.58. The van der Waals surface area contributed by atoms with Crippen LogP contribution in [0.5, 0.6) is 0 Å². The Morgan fingerprint density at radius 2 is 1.19 bits per heavy atom. The lowest BCUT2D eigenvalue weighted by atomic mass is 10.1. The first-order chi connectivity index (χ1) is 17.1. The summed E-state index contributed by atoms with van der Waals surface area (Å²) in [7, 11) is 0.